The minimum atomic E-state index is 0.127. The summed E-state index contributed by atoms with van der Waals surface area (Å²) in [5.41, 5.74) is 8.45. The first-order valence-corrected chi connectivity index (χ1v) is 6.56. The Hall–Kier alpha value is -1.28. The van der Waals surface area contributed by atoms with Gasteiger partial charge < -0.3 is 10.2 Å². The highest BCUT2D eigenvalue weighted by atomic mass is 16.3. The molecule has 1 fully saturated rings. The summed E-state index contributed by atoms with van der Waals surface area (Å²) in [6.07, 6.45) is 8.40. The molecule has 0 saturated heterocycles. The van der Waals surface area contributed by atoms with E-state index in [1.165, 1.54) is 36.6 Å². The third kappa shape index (κ3) is 2.09. The van der Waals surface area contributed by atoms with Gasteiger partial charge in [0.2, 0.25) is 0 Å². The number of nitrogens with two attached hydrogens (primary N) is 1. The van der Waals surface area contributed by atoms with Gasteiger partial charge in [-0.1, -0.05) is 43.9 Å². The van der Waals surface area contributed by atoms with Crippen LogP contribution in [-0.2, 0) is 0 Å². The van der Waals surface area contributed by atoms with Crippen LogP contribution in [0.1, 0.15) is 43.7 Å². The lowest BCUT2D eigenvalue weighted by atomic mass is 9.94. The average Bonchev–Trinajstić information content (AvgIpc) is 2.96. The van der Waals surface area contributed by atoms with E-state index in [-0.39, 0.29) is 6.04 Å². The highest BCUT2D eigenvalue weighted by molar-refractivity contribution is 5.81. The quantitative estimate of drug-likeness (QED) is 0.863. The van der Waals surface area contributed by atoms with Crippen LogP contribution in [0.2, 0.25) is 0 Å². The molecule has 1 aliphatic carbocycles. The Morgan fingerprint density at radius 3 is 2.82 bits per heavy atom. The summed E-state index contributed by atoms with van der Waals surface area (Å²) in [5, 5.41) is 1.18. The van der Waals surface area contributed by atoms with Gasteiger partial charge in [0.1, 0.15) is 5.58 Å². The van der Waals surface area contributed by atoms with Crippen LogP contribution in [0.15, 0.2) is 34.9 Å². The number of fused-ring (bicyclic) bond motifs is 1. The van der Waals surface area contributed by atoms with E-state index >= 15 is 0 Å². The van der Waals surface area contributed by atoms with E-state index in [0.29, 0.717) is 0 Å². The molecular formula is C15H19NO. The summed E-state index contributed by atoms with van der Waals surface area (Å²) in [6.45, 7) is 0. The number of hydrogen-bond donors (Lipinski definition) is 1. The van der Waals surface area contributed by atoms with Crippen LogP contribution in [0.25, 0.3) is 11.0 Å². The van der Waals surface area contributed by atoms with Gasteiger partial charge in [-0.25, -0.2) is 0 Å². The Morgan fingerprint density at radius 2 is 2.00 bits per heavy atom. The number of rotatable bonds is 3. The van der Waals surface area contributed by atoms with Crippen LogP contribution in [0.5, 0.6) is 0 Å². The minimum absolute atomic E-state index is 0.127. The first-order chi connectivity index (χ1) is 8.34. The Balaban J connectivity index is 1.82. The van der Waals surface area contributed by atoms with E-state index in [4.69, 9.17) is 10.2 Å². The molecule has 1 aromatic carbocycles. The first-order valence-electron chi connectivity index (χ1n) is 6.56. The smallest absolute Gasteiger partial charge is 0.134 e. The predicted molar refractivity (Wildman–Crippen MR) is 69.7 cm³/mol. The second kappa shape index (κ2) is 4.53. The average molecular weight is 229 g/mol. The van der Waals surface area contributed by atoms with Crippen molar-refractivity contribution in [3.63, 3.8) is 0 Å². The van der Waals surface area contributed by atoms with Gasteiger partial charge in [0.25, 0.3) is 0 Å². The topological polar surface area (TPSA) is 39.2 Å². The van der Waals surface area contributed by atoms with Crippen molar-refractivity contribution in [2.45, 2.75) is 38.1 Å². The van der Waals surface area contributed by atoms with Gasteiger partial charge in [0.05, 0.1) is 6.26 Å². The molecule has 0 spiro atoms. The van der Waals surface area contributed by atoms with E-state index in [9.17, 15) is 0 Å². The van der Waals surface area contributed by atoms with Crippen LogP contribution in [0, 0.1) is 5.92 Å². The Morgan fingerprint density at radius 1 is 1.24 bits per heavy atom. The highest BCUT2D eigenvalue weighted by Crippen LogP contribution is 2.34. The summed E-state index contributed by atoms with van der Waals surface area (Å²) in [4.78, 5) is 0. The molecule has 1 aromatic heterocycles. The lowest BCUT2D eigenvalue weighted by Crippen LogP contribution is -2.13. The van der Waals surface area contributed by atoms with E-state index < -0.39 is 0 Å². The lowest BCUT2D eigenvalue weighted by molar-refractivity contribution is 0.449. The molecule has 3 rings (SSSR count). The third-order valence-electron chi connectivity index (χ3n) is 3.97. The monoisotopic (exact) mass is 229 g/mol. The van der Waals surface area contributed by atoms with Crippen LogP contribution in [0.3, 0.4) is 0 Å². The fourth-order valence-corrected chi connectivity index (χ4v) is 3.02. The molecule has 1 aliphatic rings. The van der Waals surface area contributed by atoms with Crippen LogP contribution in [0.4, 0.5) is 0 Å². The third-order valence-corrected chi connectivity index (χ3v) is 3.97. The van der Waals surface area contributed by atoms with Crippen molar-refractivity contribution in [1.82, 2.24) is 0 Å². The molecule has 1 atom stereocenters. The fraction of sp³-hybridized carbons (Fsp3) is 0.467. The highest BCUT2D eigenvalue weighted by Gasteiger charge is 2.21. The molecule has 2 aromatic rings. The maximum atomic E-state index is 6.33. The molecule has 2 nitrogen and oxygen atoms in total. The molecule has 0 bridgehead atoms. The van der Waals surface area contributed by atoms with Gasteiger partial charge in [-0.05, 0) is 18.4 Å². The Bertz CT molecular complexity index is 496. The van der Waals surface area contributed by atoms with Crippen LogP contribution < -0.4 is 5.73 Å². The maximum absolute atomic E-state index is 6.33. The van der Waals surface area contributed by atoms with Crippen molar-refractivity contribution in [3.8, 4) is 0 Å². The molecule has 0 aliphatic heterocycles. The zero-order chi connectivity index (χ0) is 11.7. The fourth-order valence-electron chi connectivity index (χ4n) is 3.02. The lowest BCUT2D eigenvalue weighted by Gasteiger charge is -2.15. The molecular weight excluding hydrogens is 210 g/mol. The van der Waals surface area contributed by atoms with Gasteiger partial charge in [0, 0.05) is 17.0 Å². The van der Waals surface area contributed by atoms with Crippen molar-refractivity contribution in [3.05, 3.63) is 36.1 Å². The van der Waals surface area contributed by atoms with E-state index in [0.717, 1.165) is 17.9 Å². The maximum Gasteiger partial charge on any atom is 0.134 e. The van der Waals surface area contributed by atoms with Crippen LogP contribution >= 0.6 is 0 Å². The number of furan rings is 1. The van der Waals surface area contributed by atoms with Crippen molar-refractivity contribution in [1.29, 1.82) is 0 Å². The summed E-state index contributed by atoms with van der Waals surface area (Å²) >= 11 is 0. The van der Waals surface area contributed by atoms with Gasteiger partial charge in [-0.3, -0.25) is 0 Å². The molecule has 2 N–H and O–H groups in total. The second-order valence-electron chi connectivity index (χ2n) is 5.18. The summed E-state index contributed by atoms with van der Waals surface area (Å²) < 4.78 is 5.55. The molecule has 2 heteroatoms. The van der Waals surface area contributed by atoms with E-state index in [1.807, 2.05) is 24.5 Å². The number of benzene rings is 1. The van der Waals surface area contributed by atoms with Crippen molar-refractivity contribution < 1.29 is 4.42 Å². The molecule has 1 heterocycles. The van der Waals surface area contributed by atoms with E-state index in [1.54, 1.807) is 0 Å². The Labute approximate surface area is 102 Å². The van der Waals surface area contributed by atoms with Crippen molar-refractivity contribution in [2.24, 2.45) is 11.7 Å². The van der Waals surface area contributed by atoms with Gasteiger partial charge in [-0.15, -0.1) is 0 Å². The standard InChI is InChI=1S/C15H19NO/c16-14(9-11-5-1-2-6-11)13-10-17-15-8-4-3-7-12(13)15/h3-4,7-8,10-11,14H,1-2,5-6,9,16H2. The SMILES string of the molecule is NC(CC1CCCC1)c1coc2ccccc12. The summed E-state index contributed by atoms with van der Waals surface area (Å²) in [6, 6.07) is 8.27. The molecule has 1 unspecified atom stereocenters. The largest absolute Gasteiger partial charge is 0.464 e. The van der Waals surface area contributed by atoms with Crippen molar-refractivity contribution >= 4 is 11.0 Å². The van der Waals surface area contributed by atoms with Gasteiger partial charge in [0.15, 0.2) is 0 Å². The molecule has 0 radical (unpaired) electrons. The number of para-hydroxylation sites is 1. The molecule has 0 amide bonds. The normalized spacial score (nSPS) is 18.9. The molecule has 17 heavy (non-hydrogen) atoms. The first kappa shape index (κ1) is 10.8. The van der Waals surface area contributed by atoms with Crippen LogP contribution in [-0.4, -0.2) is 0 Å². The zero-order valence-electron chi connectivity index (χ0n) is 10.1. The summed E-state index contributed by atoms with van der Waals surface area (Å²) in [7, 11) is 0. The van der Waals surface area contributed by atoms with E-state index in [2.05, 4.69) is 6.07 Å². The predicted octanol–water partition coefficient (Wildman–Crippen LogP) is 4.01. The second-order valence-corrected chi connectivity index (χ2v) is 5.18. The molecule has 1 saturated carbocycles. The minimum Gasteiger partial charge on any atom is -0.464 e. The Kier molecular flexibility index (Phi) is 2.89. The van der Waals surface area contributed by atoms with Gasteiger partial charge >= 0.3 is 0 Å². The van der Waals surface area contributed by atoms with Crippen molar-refractivity contribution in [2.75, 3.05) is 0 Å². The zero-order valence-corrected chi connectivity index (χ0v) is 10.1. The van der Waals surface area contributed by atoms with Gasteiger partial charge in [-0.2, -0.15) is 0 Å². The number of hydrogen-bond acceptors (Lipinski definition) is 2. The summed E-state index contributed by atoms with van der Waals surface area (Å²) in [5.74, 6) is 0.818. The molecule has 90 valence electrons.